The van der Waals surface area contributed by atoms with Crippen LogP contribution in [0.3, 0.4) is 0 Å². The fraction of sp³-hybridized carbons (Fsp3) is 0.172. The first-order valence-electron chi connectivity index (χ1n) is 12.1. The number of benzene rings is 4. The molecule has 35 heavy (non-hydrogen) atoms. The summed E-state index contributed by atoms with van der Waals surface area (Å²) >= 11 is 0. The van der Waals surface area contributed by atoms with Gasteiger partial charge in [-0.15, -0.1) is 5.10 Å². The third kappa shape index (κ3) is 4.08. The van der Waals surface area contributed by atoms with E-state index in [1.54, 1.807) is 0 Å². The summed E-state index contributed by atoms with van der Waals surface area (Å²) in [5, 5.41) is 17.3. The summed E-state index contributed by atoms with van der Waals surface area (Å²) < 4.78 is 2.37. The molecule has 6 rings (SSSR count). The number of tetrazole rings is 1. The van der Waals surface area contributed by atoms with E-state index in [0.29, 0.717) is 5.82 Å². The predicted octanol–water partition coefficient (Wildman–Crippen LogP) is 6.43. The maximum absolute atomic E-state index is 5.06. The zero-order valence-corrected chi connectivity index (χ0v) is 19.6. The third-order valence-electron chi connectivity index (χ3n) is 6.56. The Labute approximate surface area is 203 Å². The summed E-state index contributed by atoms with van der Waals surface area (Å²) in [5.74, 6) is 1.80. The number of aromatic amines is 1. The van der Waals surface area contributed by atoms with Crippen LogP contribution < -0.4 is 0 Å². The molecule has 2 aromatic heterocycles. The lowest BCUT2D eigenvalue weighted by Crippen LogP contribution is -2.06. The smallest absolute Gasteiger partial charge is 0.180 e. The molecule has 0 amide bonds. The maximum atomic E-state index is 5.06. The number of nitrogens with one attached hydrogen (secondary N) is 1. The molecule has 0 bridgehead atoms. The Morgan fingerprint density at radius 1 is 0.829 bits per heavy atom. The number of rotatable bonds is 7. The highest BCUT2D eigenvalue weighted by Crippen LogP contribution is 2.32. The summed E-state index contributed by atoms with van der Waals surface area (Å²) in [5.41, 5.74) is 6.62. The summed E-state index contributed by atoms with van der Waals surface area (Å²) in [6.45, 7) is 2.96. The van der Waals surface area contributed by atoms with Gasteiger partial charge in [0.05, 0.1) is 11.0 Å². The minimum Gasteiger partial charge on any atom is -0.323 e. The van der Waals surface area contributed by atoms with E-state index in [-0.39, 0.29) is 0 Å². The van der Waals surface area contributed by atoms with Gasteiger partial charge in [0, 0.05) is 18.5 Å². The molecule has 6 aromatic rings. The monoisotopic (exact) mass is 458 g/mol. The van der Waals surface area contributed by atoms with Gasteiger partial charge in [0.1, 0.15) is 5.82 Å². The van der Waals surface area contributed by atoms with Gasteiger partial charge in [0.2, 0.25) is 0 Å². The van der Waals surface area contributed by atoms with Crippen molar-refractivity contribution in [2.45, 2.75) is 32.7 Å². The van der Waals surface area contributed by atoms with Gasteiger partial charge in [0.25, 0.3) is 0 Å². The standard InChI is InChI=1S/C29H26N6/c1-2-3-13-28-30-26-17-22-11-7-8-12-23(22)18-27(26)35(28)19-20-14-15-24(21-9-5-4-6-10-21)25(16-20)29-31-33-34-32-29/h4-12,14-18H,2-3,13,19H2,1H3,(H,31,32,33,34). The van der Waals surface area contributed by atoms with E-state index in [9.17, 15) is 0 Å². The van der Waals surface area contributed by atoms with Gasteiger partial charge >= 0.3 is 0 Å². The van der Waals surface area contributed by atoms with Gasteiger partial charge in [-0.05, 0) is 62.5 Å². The molecule has 6 nitrogen and oxygen atoms in total. The predicted molar refractivity (Wildman–Crippen MR) is 140 cm³/mol. The average Bonchev–Trinajstić information content (AvgIpc) is 3.55. The van der Waals surface area contributed by atoms with Crippen molar-refractivity contribution >= 4 is 21.8 Å². The molecule has 4 aromatic carbocycles. The molecule has 0 radical (unpaired) electrons. The van der Waals surface area contributed by atoms with Crippen LogP contribution in [0.15, 0.2) is 84.9 Å². The molecule has 0 spiro atoms. The second-order valence-corrected chi connectivity index (χ2v) is 8.90. The quantitative estimate of drug-likeness (QED) is 0.299. The highest BCUT2D eigenvalue weighted by Gasteiger charge is 2.15. The van der Waals surface area contributed by atoms with Crippen LogP contribution >= 0.6 is 0 Å². The lowest BCUT2D eigenvalue weighted by Gasteiger charge is -2.13. The van der Waals surface area contributed by atoms with E-state index in [1.807, 2.05) is 18.2 Å². The zero-order chi connectivity index (χ0) is 23.6. The number of aromatic nitrogens is 6. The van der Waals surface area contributed by atoms with Crippen molar-refractivity contribution in [3.8, 4) is 22.5 Å². The fourth-order valence-corrected chi connectivity index (χ4v) is 4.77. The van der Waals surface area contributed by atoms with Crippen LogP contribution in [0.1, 0.15) is 31.2 Å². The number of unbranched alkanes of at least 4 members (excludes halogenated alkanes) is 1. The first-order chi connectivity index (χ1) is 17.3. The van der Waals surface area contributed by atoms with Gasteiger partial charge in [-0.25, -0.2) is 10.1 Å². The van der Waals surface area contributed by atoms with Crippen molar-refractivity contribution in [3.05, 3.63) is 96.3 Å². The molecule has 6 heteroatoms. The van der Waals surface area contributed by atoms with Crippen molar-refractivity contribution in [1.82, 2.24) is 30.2 Å². The highest BCUT2D eigenvalue weighted by atomic mass is 15.5. The Hall–Kier alpha value is -4.32. The molecule has 0 saturated carbocycles. The normalized spacial score (nSPS) is 11.5. The number of hydrogen-bond donors (Lipinski definition) is 1. The second-order valence-electron chi connectivity index (χ2n) is 8.90. The molecule has 0 atom stereocenters. The SMILES string of the molecule is CCCCc1nc2cc3ccccc3cc2n1Cc1ccc(-c2ccccc2)c(-c2nnn[nH]2)c1. The minimum atomic E-state index is 0.665. The molecule has 0 aliphatic rings. The lowest BCUT2D eigenvalue weighted by atomic mass is 9.97. The van der Waals surface area contributed by atoms with Crippen LogP contribution in [-0.4, -0.2) is 30.2 Å². The summed E-state index contributed by atoms with van der Waals surface area (Å²) in [6, 6.07) is 29.9. The maximum Gasteiger partial charge on any atom is 0.180 e. The number of imidazole rings is 1. The number of fused-ring (bicyclic) bond motifs is 2. The molecule has 0 aliphatic heterocycles. The van der Waals surface area contributed by atoms with E-state index >= 15 is 0 Å². The van der Waals surface area contributed by atoms with Crippen LogP contribution in [0.25, 0.3) is 44.3 Å². The summed E-state index contributed by atoms with van der Waals surface area (Å²) in [7, 11) is 0. The minimum absolute atomic E-state index is 0.665. The Morgan fingerprint density at radius 2 is 1.63 bits per heavy atom. The number of nitrogens with zero attached hydrogens (tertiary/aromatic N) is 5. The lowest BCUT2D eigenvalue weighted by molar-refractivity contribution is 0.690. The highest BCUT2D eigenvalue weighted by molar-refractivity contribution is 5.95. The van der Waals surface area contributed by atoms with Gasteiger partial charge in [-0.3, -0.25) is 0 Å². The van der Waals surface area contributed by atoms with Crippen molar-refractivity contribution in [2.24, 2.45) is 0 Å². The van der Waals surface area contributed by atoms with Gasteiger partial charge in [-0.2, -0.15) is 0 Å². The number of aryl methyl sites for hydroxylation is 1. The first-order valence-corrected chi connectivity index (χ1v) is 12.1. The molecule has 1 N–H and O–H groups in total. The van der Waals surface area contributed by atoms with Gasteiger partial charge < -0.3 is 4.57 Å². The molecular weight excluding hydrogens is 432 g/mol. The van der Waals surface area contributed by atoms with E-state index < -0.39 is 0 Å². The van der Waals surface area contributed by atoms with Crippen LogP contribution in [0.2, 0.25) is 0 Å². The molecule has 172 valence electrons. The van der Waals surface area contributed by atoms with E-state index in [0.717, 1.165) is 53.8 Å². The van der Waals surface area contributed by atoms with Crippen LogP contribution in [-0.2, 0) is 13.0 Å². The Kier molecular flexibility index (Phi) is 5.54. The van der Waals surface area contributed by atoms with Crippen molar-refractivity contribution < 1.29 is 0 Å². The van der Waals surface area contributed by atoms with Crippen LogP contribution in [0, 0.1) is 0 Å². The Bertz CT molecular complexity index is 1600. The Balaban J connectivity index is 1.47. The van der Waals surface area contributed by atoms with E-state index in [1.165, 1.54) is 21.9 Å². The van der Waals surface area contributed by atoms with E-state index in [2.05, 4.69) is 98.8 Å². The number of hydrogen-bond acceptors (Lipinski definition) is 4. The number of H-pyrrole nitrogens is 1. The molecular formula is C29H26N6. The second kappa shape index (κ2) is 9.14. The molecule has 2 heterocycles. The molecule has 0 fully saturated rings. The topological polar surface area (TPSA) is 72.3 Å². The molecule has 0 aliphatic carbocycles. The first kappa shape index (κ1) is 21.2. The molecule has 0 saturated heterocycles. The van der Waals surface area contributed by atoms with Crippen LogP contribution in [0.4, 0.5) is 0 Å². The van der Waals surface area contributed by atoms with E-state index in [4.69, 9.17) is 4.98 Å². The van der Waals surface area contributed by atoms with Crippen molar-refractivity contribution in [3.63, 3.8) is 0 Å². The summed E-state index contributed by atoms with van der Waals surface area (Å²) in [4.78, 5) is 5.06. The third-order valence-corrected chi connectivity index (χ3v) is 6.56. The molecule has 0 unspecified atom stereocenters. The van der Waals surface area contributed by atoms with Gasteiger partial charge in [-0.1, -0.05) is 80.1 Å². The van der Waals surface area contributed by atoms with Gasteiger partial charge in [0.15, 0.2) is 5.82 Å². The Morgan fingerprint density at radius 3 is 2.40 bits per heavy atom. The van der Waals surface area contributed by atoms with Crippen molar-refractivity contribution in [1.29, 1.82) is 0 Å². The van der Waals surface area contributed by atoms with Crippen molar-refractivity contribution in [2.75, 3.05) is 0 Å². The largest absolute Gasteiger partial charge is 0.323 e. The zero-order valence-electron chi connectivity index (χ0n) is 19.6. The van der Waals surface area contributed by atoms with Crippen LogP contribution in [0.5, 0.6) is 0 Å². The summed E-state index contributed by atoms with van der Waals surface area (Å²) in [6.07, 6.45) is 3.22. The fourth-order valence-electron chi connectivity index (χ4n) is 4.77. The average molecular weight is 459 g/mol.